The predicted octanol–water partition coefficient (Wildman–Crippen LogP) is 4.87. The predicted molar refractivity (Wildman–Crippen MR) is 122 cm³/mol. The lowest BCUT2D eigenvalue weighted by atomic mass is 10.0. The molecule has 3 aromatic rings. The van der Waals surface area contributed by atoms with Gasteiger partial charge in [0, 0.05) is 6.04 Å². The van der Waals surface area contributed by atoms with Crippen molar-refractivity contribution in [2.24, 2.45) is 0 Å². The number of carbonyl (C=O) groups excluding carboxylic acids is 1. The van der Waals surface area contributed by atoms with E-state index >= 15 is 0 Å². The van der Waals surface area contributed by atoms with Crippen molar-refractivity contribution in [2.75, 3.05) is 0 Å². The number of rotatable bonds is 8. The van der Waals surface area contributed by atoms with Crippen LogP contribution in [0, 0.1) is 0 Å². The summed E-state index contributed by atoms with van der Waals surface area (Å²) in [5, 5.41) is 4.11. The Morgan fingerprint density at radius 2 is 1.87 bits per heavy atom. The van der Waals surface area contributed by atoms with Gasteiger partial charge in [-0.15, -0.1) is 0 Å². The van der Waals surface area contributed by atoms with Crippen molar-refractivity contribution in [3.63, 3.8) is 0 Å². The molecule has 0 bridgehead atoms. The van der Waals surface area contributed by atoms with Crippen LogP contribution in [0.1, 0.15) is 57.2 Å². The number of hydrogen-bond donors (Lipinski definition) is 1. The number of benzene rings is 2. The van der Waals surface area contributed by atoms with E-state index in [9.17, 15) is 9.59 Å². The van der Waals surface area contributed by atoms with Crippen LogP contribution in [-0.4, -0.2) is 20.7 Å². The first-order valence-corrected chi connectivity index (χ1v) is 11.5. The van der Waals surface area contributed by atoms with Crippen molar-refractivity contribution >= 4 is 28.6 Å². The molecule has 0 aliphatic heterocycles. The molecule has 0 saturated heterocycles. The van der Waals surface area contributed by atoms with Gasteiger partial charge >= 0.3 is 0 Å². The molecular formula is C24H27N3O2S. The van der Waals surface area contributed by atoms with Gasteiger partial charge in [-0.1, -0.05) is 67.6 Å². The normalized spacial score (nSPS) is 15.7. The van der Waals surface area contributed by atoms with Gasteiger partial charge < -0.3 is 5.32 Å². The van der Waals surface area contributed by atoms with E-state index in [2.05, 4.69) is 12.2 Å². The molecule has 0 radical (unpaired) electrons. The van der Waals surface area contributed by atoms with Gasteiger partial charge in [-0.25, -0.2) is 4.98 Å². The second-order valence-electron chi connectivity index (χ2n) is 7.84. The topological polar surface area (TPSA) is 64.0 Å². The highest BCUT2D eigenvalue weighted by atomic mass is 32.2. The van der Waals surface area contributed by atoms with E-state index < -0.39 is 0 Å². The Labute approximate surface area is 180 Å². The minimum atomic E-state index is -0.355. The van der Waals surface area contributed by atoms with Gasteiger partial charge in [0.1, 0.15) is 0 Å². The summed E-state index contributed by atoms with van der Waals surface area (Å²) in [6.45, 7) is 4.00. The summed E-state index contributed by atoms with van der Waals surface area (Å²) in [5.74, 6) is -0.0351. The maximum atomic E-state index is 13.0. The van der Waals surface area contributed by atoms with Crippen LogP contribution in [0.4, 0.5) is 0 Å². The minimum absolute atomic E-state index is 0.00801. The Morgan fingerprint density at radius 3 is 2.57 bits per heavy atom. The van der Waals surface area contributed by atoms with E-state index in [1.807, 2.05) is 61.5 Å². The van der Waals surface area contributed by atoms with Crippen molar-refractivity contribution in [3.8, 4) is 0 Å². The number of aromatic nitrogens is 2. The largest absolute Gasteiger partial charge is 0.348 e. The van der Waals surface area contributed by atoms with Gasteiger partial charge in [-0.05, 0) is 43.9 Å². The average Bonchev–Trinajstić information content (AvgIpc) is 3.59. The van der Waals surface area contributed by atoms with Crippen LogP contribution in [0.3, 0.4) is 0 Å². The molecule has 1 fully saturated rings. The van der Waals surface area contributed by atoms with Crippen LogP contribution < -0.4 is 10.9 Å². The number of thioether (sulfide) groups is 1. The number of carbonyl (C=O) groups is 1. The number of hydrogen-bond acceptors (Lipinski definition) is 4. The fraction of sp³-hybridized carbons (Fsp3) is 0.375. The number of nitrogens with one attached hydrogen (secondary N) is 1. The minimum Gasteiger partial charge on any atom is -0.348 e. The van der Waals surface area contributed by atoms with Gasteiger partial charge in [0.25, 0.3) is 5.56 Å². The molecule has 2 atom stereocenters. The molecule has 156 valence electrons. The molecule has 1 aromatic heterocycles. The first-order valence-electron chi connectivity index (χ1n) is 10.6. The van der Waals surface area contributed by atoms with Crippen LogP contribution in [-0.2, 0) is 4.79 Å². The maximum absolute atomic E-state index is 13.0. The highest BCUT2D eigenvalue weighted by Gasteiger charge is 2.30. The van der Waals surface area contributed by atoms with E-state index in [0.717, 1.165) is 31.2 Å². The van der Waals surface area contributed by atoms with Crippen molar-refractivity contribution in [1.29, 1.82) is 0 Å². The van der Waals surface area contributed by atoms with Gasteiger partial charge in [-0.3, -0.25) is 14.2 Å². The van der Waals surface area contributed by atoms with Gasteiger partial charge in [-0.2, -0.15) is 0 Å². The van der Waals surface area contributed by atoms with Crippen molar-refractivity contribution in [1.82, 2.24) is 14.9 Å². The monoisotopic (exact) mass is 421 g/mol. The lowest BCUT2D eigenvalue weighted by Gasteiger charge is -2.21. The highest BCUT2D eigenvalue weighted by molar-refractivity contribution is 8.00. The quantitative estimate of drug-likeness (QED) is 0.416. The highest BCUT2D eigenvalue weighted by Crippen LogP contribution is 2.37. The van der Waals surface area contributed by atoms with Crippen LogP contribution in [0.2, 0.25) is 0 Å². The van der Waals surface area contributed by atoms with E-state index in [-0.39, 0.29) is 28.8 Å². The SMILES string of the molecule is CCCC(NC(=O)C(C)Sc1nc2ccccc2c(=O)n1C1CC1)c1ccccc1. The standard InChI is InChI=1S/C24H27N3O2S/c1-3-9-20(17-10-5-4-6-11-17)25-22(28)16(2)30-24-26-21-13-8-7-12-19(21)23(29)27(24)18-14-15-18/h4-8,10-13,16,18,20H,3,9,14-15H2,1-2H3,(H,25,28). The maximum Gasteiger partial charge on any atom is 0.262 e. The molecule has 1 heterocycles. The summed E-state index contributed by atoms with van der Waals surface area (Å²) in [6, 6.07) is 17.7. The third kappa shape index (κ3) is 4.43. The molecule has 6 heteroatoms. The first kappa shape index (κ1) is 20.7. The van der Waals surface area contributed by atoms with Gasteiger partial charge in [0.2, 0.25) is 5.91 Å². The van der Waals surface area contributed by atoms with Crippen LogP contribution >= 0.6 is 11.8 Å². The summed E-state index contributed by atoms with van der Waals surface area (Å²) in [6.07, 6.45) is 3.84. The molecule has 30 heavy (non-hydrogen) atoms. The van der Waals surface area contributed by atoms with E-state index in [4.69, 9.17) is 4.98 Å². The Hall–Kier alpha value is -2.60. The first-order chi connectivity index (χ1) is 14.6. The molecule has 2 unspecified atom stereocenters. The number of nitrogens with zero attached hydrogens (tertiary/aromatic N) is 2. The third-order valence-corrected chi connectivity index (χ3v) is 6.50. The number of para-hydroxylation sites is 1. The van der Waals surface area contributed by atoms with E-state index in [1.165, 1.54) is 11.8 Å². The van der Waals surface area contributed by atoms with Gasteiger partial charge in [0.05, 0.1) is 22.2 Å². The average molecular weight is 422 g/mol. The zero-order valence-electron chi connectivity index (χ0n) is 17.4. The fourth-order valence-electron chi connectivity index (χ4n) is 3.66. The second kappa shape index (κ2) is 9.04. The zero-order valence-corrected chi connectivity index (χ0v) is 18.2. The molecule has 2 aromatic carbocycles. The Balaban J connectivity index is 1.56. The zero-order chi connectivity index (χ0) is 21.1. The summed E-state index contributed by atoms with van der Waals surface area (Å²) in [7, 11) is 0. The summed E-state index contributed by atoms with van der Waals surface area (Å²) >= 11 is 1.37. The molecular weight excluding hydrogens is 394 g/mol. The number of amides is 1. The summed E-state index contributed by atoms with van der Waals surface area (Å²) < 4.78 is 1.79. The third-order valence-electron chi connectivity index (χ3n) is 5.43. The Morgan fingerprint density at radius 1 is 1.17 bits per heavy atom. The van der Waals surface area contributed by atoms with Crippen molar-refractivity contribution in [3.05, 3.63) is 70.5 Å². The van der Waals surface area contributed by atoms with E-state index in [1.54, 1.807) is 4.57 Å². The van der Waals surface area contributed by atoms with Crippen molar-refractivity contribution in [2.45, 2.75) is 62.0 Å². The van der Waals surface area contributed by atoms with Gasteiger partial charge in [0.15, 0.2) is 5.16 Å². The van der Waals surface area contributed by atoms with E-state index in [0.29, 0.717) is 16.1 Å². The molecule has 4 rings (SSSR count). The smallest absolute Gasteiger partial charge is 0.262 e. The molecule has 0 spiro atoms. The van der Waals surface area contributed by atoms with Crippen molar-refractivity contribution < 1.29 is 4.79 Å². The molecule has 1 amide bonds. The van der Waals surface area contributed by atoms with Crippen LogP contribution in [0.15, 0.2) is 64.5 Å². The Kier molecular flexibility index (Phi) is 6.23. The van der Waals surface area contributed by atoms with Crippen LogP contribution in [0.5, 0.6) is 0 Å². The molecule has 1 N–H and O–H groups in total. The lowest BCUT2D eigenvalue weighted by Crippen LogP contribution is -2.35. The fourth-order valence-corrected chi connectivity index (χ4v) is 4.65. The van der Waals surface area contributed by atoms with Crippen LogP contribution in [0.25, 0.3) is 10.9 Å². The molecule has 1 saturated carbocycles. The number of fused-ring (bicyclic) bond motifs is 1. The summed E-state index contributed by atoms with van der Waals surface area (Å²) in [4.78, 5) is 30.8. The molecule has 5 nitrogen and oxygen atoms in total. The summed E-state index contributed by atoms with van der Waals surface area (Å²) in [5.41, 5.74) is 1.79. The Bertz CT molecular complexity index is 1090. The molecule has 1 aliphatic carbocycles. The lowest BCUT2D eigenvalue weighted by molar-refractivity contribution is -0.121. The second-order valence-corrected chi connectivity index (χ2v) is 9.15. The molecule has 1 aliphatic rings.